The summed E-state index contributed by atoms with van der Waals surface area (Å²) in [6.45, 7) is 3.54. The van der Waals surface area contributed by atoms with Crippen molar-refractivity contribution >= 4 is 33.2 Å². The molecule has 19 heavy (non-hydrogen) atoms. The molecule has 0 aliphatic carbocycles. The molecule has 0 fully saturated rings. The van der Waals surface area contributed by atoms with E-state index >= 15 is 0 Å². The molecule has 0 saturated heterocycles. The Balaban J connectivity index is 2.25. The fourth-order valence-corrected chi connectivity index (χ4v) is 1.96. The van der Waals surface area contributed by atoms with Gasteiger partial charge in [-0.2, -0.15) is 10.2 Å². The lowest BCUT2D eigenvalue weighted by Crippen LogP contribution is -2.15. The predicted octanol–water partition coefficient (Wildman–Crippen LogP) is 2.69. The third kappa shape index (κ3) is 3.08. The maximum atomic E-state index is 12.2. The zero-order valence-corrected chi connectivity index (χ0v) is 12.2. The van der Waals surface area contributed by atoms with Crippen molar-refractivity contribution in [1.29, 1.82) is 0 Å². The second-order valence-electron chi connectivity index (χ2n) is 4.18. The van der Waals surface area contributed by atoms with E-state index in [0.29, 0.717) is 28.3 Å². The van der Waals surface area contributed by atoms with Crippen LogP contribution >= 0.6 is 15.9 Å². The number of anilines is 2. The molecule has 0 aliphatic rings. The first kappa shape index (κ1) is 13.5. The molecule has 1 aromatic heterocycles. The molecule has 2 aromatic rings. The molecule has 0 unspecified atom stereocenters. The first-order valence-electron chi connectivity index (χ1n) is 5.64. The van der Waals surface area contributed by atoms with Crippen molar-refractivity contribution in [3.05, 3.63) is 45.7 Å². The maximum Gasteiger partial charge on any atom is 0.257 e. The molecule has 98 valence electrons. The number of nitrogens with two attached hydrogens (primary N) is 1. The van der Waals surface area contributed by atoms with Gasteiger partial charge in [0.25, 0.3) is 5.91 Å². The molecule has 0 aliphatic heterocycles. The molecule has 3 N–H and O–H groups in total. The second kappa shape index (κ2) is 5.36. The first-order chi connectivity index (χ1) is 8.97. The molecule has 0 radical (unpaired) electrons. The van der Waals surface area contributed by atoms with Crippen molar-refractivity contribution in [2.24, 2.45) is 0 Å². The minimum absolute atomic E-state index is 0.216. The van der Waals surface area contributed by atoms with Gasteiger partial charge in [0.2, 0.25) is 0 Å². The van der Waals surface area contributed by atoms with Gasteiger partial charge in [-0.05, 0) is 54.0 Å². The van der Waals surface area contributed by atoms with E-state index in [4.69, 9.17) is 5.73 Å². The smallest absolute Gasteiger partial charge is 0.257 e. The molecule has 0 atom stereocenters. The summed E-state index contributed by atoms with van der Waals surface area (Å²) in [7, 11) is 0. The molecular formula is C13H13BrN4O. The first-order valence-corrected chi connectivity index (χ1v) is 6.44. The molecule has 0 bridgehead atoms. The number of benzene rings is 1. The van der Waals surface area contributed by atoms with Crippen molar-refractivity contribution in [3.8, 4) is 0 Å². The standard InChI is InChI=1S/C13H13BrN4O/c1-7-5-10(8(2)18-17-7)13(19)16-9-3-4-12(15)11(14)6-9/h3-6H,15H2,1-2H3,(H,16,19). The summed E-state index contributed by atoms with van der Waals surface area (Å²) < 4.78 is 0.742. The van der Waals surface area contributed by atoms with E-state index in [0.717, 1.165) is 4.47 Å². The minimum atomic E-state index is -0.216. The van der Waals surface area contributed by atoms with Gasteiger partial charge in [-0.15, -0.1) is 0 Å². The van der Waals surface area contributed by atoms with Gasteiger partial charge >= 0.3 is 0 Å². The number of hydrogen-bond donors (Lipinski definition) is 2. The van der Waals surface area contributed by atoms with Crippen molar-refractivity contribution in [2.45, 2.75) is 13.8 Å². The van der Waals surface area contributed by atoms with Gasteiger partial charge in [0.05, 0.1) is 17.0 Å². The Hall–Kier alpha value is -1.95. The van der Waals surface area contributed by atoms with Crippen LogP contribution in [-0.4, -0.2) is 16.1 Å². The Labute approximate surface area is 119 Å². The number of hydrogen-bond acceptors (Lipinski definition) is 4. The molecular weight excluding hydrogens is 308 g/mol. The summed E-state index contributed by atoms with van der Waals surface area (Å²) in [5.41, 5.74) is 8.80. The Morgan fingerprint density at radius 3 is 2.68 bits per heavy atom. The summed E-state index contributed by atoms with van der Waals surface area (Å²) in [6.07, 6.45) is 0. The van der Waals surface area contributed by atoms with Crippen LogP contribution in [0.3, 0.4) is 0 Å². The van der Waals surface area contributed by atoms with Crippen LogP contribution in [0.2, 0.25) is 0 Å². The second-order valence-corrected chi connectivity index (χ2v) is 5.03. The molecule has 6 heteroatoms. The molecule has 0 spiro atoms. The fraction of sp³-hybridized carbons (Fsp3) is 0.154. The van der Waals surface area contributed by atoms with E-state index in [-0.39, 0.29) is 5.91 Å². The van der Waals surface area contributed by atoms with Crippen molar-refractivity contribution < 1.29 is 4.79 Å². The van der Waals surface area contributed by atoms with Crippen LogP contribution in [0.5, 0.6) is 0 Å². The lowest BCUT2D eigenvalue weighted by atomic mass is 10.2. The number of nitrogen functional groups attached to an aromatic ring is 1. The largest absolute Gasteiger partial charge is 0.398 e. The lowest BCUT2D eigenvalue weighted by molar-refractivity contribution is 0.102. The van der Waals surface area contributed by atoms with E-state index in [2.05, 4.69) is 31.4 Å². The van der Waals surface area contributed by atoms with Gasteiger partial charge in [0, 0.05) is 15.8 Å². The molecule has 1 aromatic carbocycles. The van der Waals surface area contributed by atoms with Crippen LogP contribution in [0, 0.1) is 13.8 Å². The Kier molecular flexibility index (Phi) is 3.80. The molecule has 5 nitrogen and oxygen atoms in total. The Morgan fingerprint density at radius 1 is 1.26 bits per heavy atom. The third-order valence-corrected chi connectivity index (χ3v) is 3.29. The number of nitrogens with zero attached hydrogens (tertiary/aromatic N) is 2. The van der Waals surface area contributed by atoms with Gasteiger partial charge < -0.3 is 11.1 Å². The highest BCUT2D eigenvalue weighted by molar-refractivity contribution is 9.10. The SMILES string of the molecule is Cc1cc(C(=O)Nc2ccc(N)c(Br)c2)c(C)nn1. The zero-order valence-electron chi connectivity index (χ0n) is 10.6. The van der Waals surface area contributed by atoms with Crippen LogP contribution in [0.1, 0.15) is 21.7 Å². The number of aryl methyl sites for hydroxylation is 2. The van der Waals surface area contributed by atoms with E-state index in [1.807, 2.05) is 0 Å². The van der Waals surface area contributed by atoms with Crippen LogP contribution in [-0.2, 0) is 0 Å². The third-order valence-electron chi connectivity index (χ3n) is 2.60. The average Bonchev–Trinajstić information content (AvgIpc) is 2.36. The van der Waals surface area contributed by atoms with Gasteiger partial charge in [-0.25, -0.2) is 0 Å². The van der Waals surface area contributed by atoms with Crippen molar-refractivity contribution in [3.63, 3.8) is 0 Å². The number of halogens is 1. The van der Waals surface area contributed by atoms with Crippen LogP contribution < -0.4 is 11.1 Å². The number of carbonyl (C=O) groups is 1. The van der Waals surface area contributed by atoms with E-state index in [1.165, 1.54) is 0 Å². The molecule has 2 rings (SSSR count). The van der Waals surface area contributed by atoms with E-state index < -0.39 is 0 Å². The number of nitrogens with one attached hydrogen (secondary N) is 1. The molecule has 0 saturated carbocycles. The Morgan fingerprint density at radius 2 is 2.00 bits per heavy atom. The summed E-state index contributed by atoms with van der Waals surface area (Å²) in [5.74, 6) is -0.216. The molecule has 1 heterocycles. The Bertz CT molecular complexity index is 643. The van der Waals surface area contributed by atoms with Gasteiger partial charge in [0.1, 0.15) is 0 Å². The predicted molar refractivity (Wildman–Crippen MR) is 78.0 cm³/mol. The van der Waals surface area contributed by atoms with Crippen LogP contribution in [0.15, 0.2) is 28.7 Å². The molecule has 1 amide bonds. The minimum Gasteiger partial charge on any atom is -0.398 e. The normalized spacial score (nSPS) is 10.3. The van der Waals surface area contributed by atoms with Crippen LogP contribution in [0.4, 0.5) is 11.4 Å². The van der Waals surface area contributed by atoms with Crippen LogP contribution in [0.25, 0.3) is 0 Å². The quantitative estimate of drug-likeness (QED) is 0.833. The monoisotopic (exact) mass is 320 g/mol. The highest BCUT2D eigenvalue weighted by atomic mass is 79.9. The van der Waals surface area contributed by atoms with E-state index in [9.17, 15) is 4.79 Å². The van der Waals surface area contributed by atoms with Gasteiger partial charge in [-0.1, -0.05) is 0 Å². The summed E-state index contributed by atoms with van der Waals surface area (Å²) in [5, 5.41) is 10.6. The summed E-state index contributed by atoms with van der Waals surface area (Å²) in [6, 6.07) is 6.94. The van der Waals surface area contributed by atoms with E-state index in [1.54, 1.807) is 38.1 Å². The van der Waals surface area contributed by atoms with Gasteiger partial charge in [-0.3, -0.25) is 4.79 Å². The average molecular weight is 321 g/mol. The summed E-state index contributed by atoms with van der Waals surface area (Å²) in [4.78, 5) is 12.2. The number of carbonyl (C=O) groups excluding carboxylic acids is 1. The lowest BCUT2D eigenvalue weighted by Gasteiger charge is -2.08. The highest BCUT2D eigenvalue weighted by Crippen LogP contribution is 2.23. The highest BCUT2D eigenvalue weighted by Gasteiger charge is 2.11. The number of amides is 1. The van der Waals surface area contributed by atoms with Crippen molar-refractivity contribution in [1.82, 2.24) is 10.2 Å². The number of rotatable bonds is 2. The summed E-state index contributed by atoms with van der Waals surface area (Å²) >= 11 is 3.32. The maximum absolute atomic E-state index is 12.2. The fourth-order valence-electron chi connectivity index (χ4n) is 1.58. The topological polar surface area (TPSA) is 80.9 Å². The zero-order chi connectivity index (χ0) is 14.0. The van der Waals surface area contributed by atoms with Crippen molar-refractivity contribution in [2.75, 3.05) is 11.1 Å². The number of aromatic nitrogens is 2. The van der Waals surface area contributed by atoms with Gasteiger partial charge in [0.15, 0.2) is 0 Å².